The van der Waals surface area contributed by atoms with Gasteiger partial charge in [-0.15, -0.1) is 0 Å². The normalized spacial score (nSPS) is 48.4. The molecule has 4 atom stereocenters. The molecular formula is C15H25N. The van der Waals surface area contributed by atoms with E-state index in [9.17, 15) is 0 Å². The minimum absolute atomic E-state index is 0.610. The van der Waals surface area contributed by atoms with Crippen molar-refractivity contribution < 1.29 is 0 Å². The molecule has 3 aliphatic rings. The lowest BCUT2D eigenvalue weighted by Gasteiger charge is -2.57. The molecule has 1 saturated carbocycles. The zero-order chi connectivity index (χ0) is 11.5. The topological polar surface area (TPSA) is 3.24 Å². The summed E-state index contributed by atoms with van der Waals surface area (Å²) < 4.78 is 0. The molecule has 0 aromatic rings. The Bertz CT molecular complexity index is 343. The number of allylic oxidation sites excluding steroid dienone is 2. The lowest BCUT2D eigenvalue weighted by Crippen LogP contribution is -2.58. The first-order valence-electron chi connectivity index (χ1n) is 6.94. The lowest BCUT2D eigenvalue weighted by molar-refractivity contribution is -0.0509. The first-order chi connectivity index (χ1) is 7.56. The number of likely N-dealkylation sites (tertiary alicyclic amines) is 1. The van der Waals surface area contributed by atoms with E-state index in [-0.39, 0.29) is 0 Å². The summed E-state index contributed by atoms with van der Waals surface area (Å²) in [5, 5.41) is 0. The van der Waals surface area contributed by atoms with Crippen molar-refractivity contribution in [2.45, 2.75) is 52.5 Å². The second-order valence-corrected chi connectivity index (χ2v) is 6.55. The quantitative estimate of drug-likeness (QED) is 0.564. The Morgan fingerprint density at radius 1 is 1.25 bits per heavy atom. The average molecular weight is 219 g/mol. The molecule has 90 valence electrons. The van der Waals surface area contributed by atoms with Crippen LogP contribution in [0.25, 0.3) is 0 Å². The van der Waals surface area contributed by atoms with E-state index in [1.165, 1.54) is 32.2 Å². The molecule has 1 aliphatic heterocycles. The molecule has 0 N–H and O–H groups in total. The van der Waals surface area contributed by atoms with Gasteiger partial charge in [0.1, 0.15) is 0 Å². The van der Waals surface area contributed by atoms with E-state index in [1.54, 1.807) is 11.1 Å². The Kier molecular flexibility index (Phi) is 2.27. The molecule has 1 saturated heterocycles. The number of hydrogen-bond acceptors (Lipinski definition) is 1. The van der Waals surface area contributed by atoms with Gasteiger partial charge in [-0.25, -0.2) is 0 Å². The van der Waals surface area contributed by atoms with E-state index in [0.29, 0.717) is 5.41 Å². The maximum atomic E-state index is 2.62. The Morgan fingerprint density at radius 3 is 2.50 bits per heavy atom. The number of fused-ring (bicyclic) bond motifs is 2. The maximum absolute atomic E-state index is 2.62. The Hall–Kier alpha value is -0.300. The van der Waals surface area contributed by atoms with E-state index in [0.717, 1.165) is 17.9 Å². The van der Waals surface area contributed by atoms with Crippen LogP contribution in [-0.2, 0) is 0 Å². The minimum atomic E-state index is 0.610. The summed E-state index contributed by atoms with van der Waals surface area (Å²) in [6.07, 6.45) is 5.79. The highest BCUT2D eigenvalue weighted by Gasteiger charge is 2.55. The number of hydrogen-bond donors (Lipinski definition) is 0. The second-order valence-electron chi connectivity index (χ2n) is 6.55. The summed E-state index contributed by atoms with van der Waals surface area (Å²) in [6.45, 7) is 8.55. The van der Waals surface area contributed by atoms with Crippen molar-refractivity contribution >= 4 is 0 Å². The van der Waals surface area contributed by atoms with Gasteiger partial charge in [0.25, 0.3) is 0 Å². The third-order valence-corrected chi connectivity index (χ3v) is 6.17. The predicted octanol–water partition coefficient (Wildman–Crippen LogP) is 3.46. The number of rotatable bonds is 0. The van der Waals surface area contributed by atoms with Gasteiger partial charge >= 0.3 is 0 Å². The molecule has 1 nitrogen and oxygen atoms in total. The van der Waals surface area contributed by atoms with E-state index < -0.39 is 0 Å². The lowest BCUT2D eigenvalue weighted by atomic mass is 9.55. The summed E-state index contributed by atoms with van der Waals surface area (Å²) in [4.78, 5) is 2.62. The first kappa shape index (κ1) is 10.8. The highest BCUT2D eigenvalue weighted by atomic mass is 15.2. The molecule has 0 aromatic heterocycles. The number of nitrogens with zero attached hydrogens (tertiary/aromatic N) is 1. The third kappa shape index (κ3) is 1.16. The Balaban J connectivity index is 1.95. The summed E-state index contributed by atoms with van der Waals surface area (Å²) >= 11 is 0. The van der Waals surface area contributed by atoms with Gasteiger partial charge < -0.3 is 4.90 Å². The summed E-state index contributed by atoms with van der Waals surface area (Å²) in [7, 11) is 2.33. The molecule has 2 aliphatic carbocycles. The summed E-state index contributed by atoms with van der Waals surface area (Å²) in [6, 6.07) is 0.904. The van der Waals surface area contributed by atoms with Crippen molar-refractivity contribution in [1.82, 2.24) is 4.90 Å². The van der Waals surface area contributed by atoms with Crippen LogP contribution < -0.4 is 0 Å². The van der Waals surface area contributed by atoms with Crippen LogP contribution in [0.1, 0.15) is 46.5 Å². The second kappa shape index (κ2) is 3.35. The molecule has 1 spiro atoms. The van der Waals surface area contributed by atoms with Crippen LogP contribution in [0.4, 0.5) is 0 Å². The highest BCUT2D eigenvalue weighted by molar-refractivity contribution is 5.31. The molecule has 1 heteroatoms. The van der Waals surface area contributed by atoms with Gasteiger partial charge in [0, 0.05) is 6.04 Å². The zero-order valence-electron chi connectivity index (χ0n) is 11.2. The average Bonchev–Trinajstić information content (AvgIpc) is 2.38. The van der Waals surface area contributed by atoms with Crippen molar-refractivity contribution in [3.05, 3.63) is 11.1 Å². The van der Waals surface area contributed by atoms with Gasteiger partial charge in [0.15, 0.2) is 0 Å². The van der Waals surface area contributed by atoms with E-state index in [2.05, 4.69) is 32.7 Å². The monoisotopic (exact) mass is 219 g/mol. The molecule has 0 aromatic carbocycles. The molecule has 2 fully saturated rings. The summed E-state index contributed by atoms with van der Waals surface area (Å²) in [5.74, 6) is 1.82. The Morgan fingerprint density at radius 2 is 2.00 bits per heavy atom. The smallest absolute Gasteiger partial charge is 0.0129 e. The van der Waals surface area contributed by atoms with Crippen LogP contribution >= 0.6 is 0 Å². The zero-order valence-corrected chi connectivity index (χ0v) is 11.2. The maximum Gasteiger partial charge on any atom is 0.0129 e. The largest absolute Gasteiger partial charge is 0.303 e. The van der Waals surface area contributed by atoms with Crippen molar-refractivity contribution in [2.24, 2.45) is 17.3 Å². The highest BCUT2D eigenvalue weighted by Crippen LogP contribution is 2.60. The van der Waals surface area contributed by atoms with E-state index in [1.807, 2.05) is 0 Å². The van der Waals surface area contributed by atoms with Crippen LogP contribution in [0.5, 0.6) is 0 Å². The van der Waals surface area contributed by atoms with Crippen molar-refractivity contribution in [1.29, 1.82) is 0 Å². The molecule has 1 heterocycles. The molecule has 0 radical (unpaired) electrons. The van der Waals surface area contributed by atoms with Crippen LogP contribution in [0.15, 0.2) is 11.1 Å². The molecule has 0 bridgehead atoms. The minimum Gasteiger partial charge on any atom is -0.303 e. The van der Waals surface area contributed by atoms with Crippen LogP contribution in [0.2, 0.25) is 0 Å². The van der Waals surface area contributed by atoms with Crippen LogP contribution in [0, 0.1) is 17.3 Å². The molecule has 16 heavy (non-hydrogen) atoms. The predicted molar refractivity (Wildman–Crippen MR) is 68.3 cm³/mol. The van der Waals surface area contributed by atoms with Gasteiger partial charge in [-0.3, -0.25) is 0 Å². The molecule has 0 amide bonds. The molecule has 0 unspecified atom stereocenters. The Labute approximate surface area is 99.9 Å². The van der Waals surface area contributed by atoms with Gasteiger partial charge in [0.05, 0.1) is 0 Å². The number of piperidine rings is 1. The third-order valence-electron chi connectivity index (χ3n) is 6.17. The van der Waals surface area contributed by atoms with Gasteiger partial charge in [-0.05, 0) is 70.4 Å². The van der Waals surface area contributed by atoms with Gasteiger partial charge in [0.2, 0.25) is 0 Å². The van der Waals surface area contributed by atoms with E-state index >= 15 is 0 Å². The fourth-order valence-electron chi connectivity index (χ4n) is 4.72. The standard InChI is InChI=1S/C15H25N/c1-10-9-15(12(3)11(10)2)7-8-16(4)14-6-5-13(14)15/h10,13-14H,5-9H2,1-4H3/t10-,13+,14-,15+/m1/s1. The SMILES string of the molecule is CC1=C(C)[C@]2(CCN(C)[C@@H]3CC[C@@H]32)C[C@H]1C. The van der Waals surface area contributed by atoms with Crippen LogP contribution in [-0.4, -0.2) is 24.5 Å². The van der Waals surface area contributed by atoms with Crippen LogP contribution in [0.3, 0.4) is 0 Å². The fourth-order valence-corrected chi connectivity index (χ4v) is 4.72. The van der Waals surface area contributed by atoms with Crippen molar-refractivity contribution in [3.63, 3.8) is 0 Å². The van der Waals surface area contributed by atoms with Gasteiger partial charge in [-0.2, -0.15) is 0 Å². The van der Waals surface area contributed by atoms with E-state index in [4.69, 9.17) is 0 Å². The fraction of sp³-hybridized carbons (Fsp3) is 0.867. The molecule has 3 rings (SSSR count). The summed E-state index contributed by atoms with van der Waals surface area (Å²) in [5.41, 5.74) is 4.08. The van der Waals surface area contributed by atoms with Gasteiger partial charge in [-0.1, -0.05) is 18.1 Å². The van der Waals surface area contributed by atoms with Crippen molar-refractivity contribution in [3.8, 4) is 0 Å². The molecular weight excluding hydrogens is 194 g/mol. The van der Waals surface area contributed by atoms with Crippen molar-refractivity contribution in [2.75, 3.05) is 13.6 Å². The first-order valence-corrected chi connectivity index (χ1v) is 6.94.